The summed E-state index contributed by atoms with van der Waals surface area (Å²) in [5.74, 6) is 1.17. The van der Waals surface area contributed by atoms with E-state index >= 15 is 0 Å². The summed E-state index contributed by atoms with van der Waals surface area (Å²) in [6.45, 7) is 5.94. The fourth-order valence-electron chi connectivity index (χ4n) is 1.99. The zero-order valence-electron chi connectivity index (χ0n) is 12.8. The fraction of sp³-hybridized carbons (Fsp3) is 0.400. The van der Waals surface area contributed by atoms with Crippen LogP contribution in [0.1, 0.15) is 19.4 Å². The lowest BCUT2D eigenvalue weighted by Gasteiger charge is -2.08. The van der Waals surface area contributed by atoms with Crippen LogP contribution in [0.25, 0.3) is 11.4 Å². The zero-order valence-corrected chi connectivity index (χ0v) is 13.6. The summed E-state index contributed by atoms with van der Waals surface area (Å²) in [5.41, 5.74) is 2.22. The van der Waals surface area contributed by atoms with Crippen molar-refractivity contribution in [3.8, 4) is 11.4 Å². The number of rotatable bonds is 5. The van der Waals surface area contributed by atoms with E-state index < -0.39 is 0 Å². The van der Waals surface area contributed by atoms with Crippen LogP contribution in [0.2, 0.25) is 0 Å². The topological polar surface area (TPSA) is 59.8 Å². The number of nitrogens with one attached hydrogen (secondary N) is 1. The van der Waals surface area contributed by atoms with Crippen LogP contribution < -0.4 is 5.32 Å². The van der Waals surface area contributed by atoms with Crippen LogP contribution in [-0.4, -0.2) is 32.5 Å². The van der Waals surface area contributed by atoms with Crippen LogP contribution in [0, 0.1) is 6.92 Å². The zero-order chi connectivity index (χ0) is 15.4. The van der Waals surface area contributed by atoms with Crippen molar-refractivity contribution >= 4 is 17.7 Å². The van der Waals surface area contributed by atoms with Gasteiger partial charge in [-0.25, -0.2) is 0 Å². The molecule has 6 heteroatoms. The van der Waals surface area contributed by atoms with Crippen molar-refractivity contribution in [2.24, 2.45) is 7.05 Å². The summed E-state index contributed by atoms with van der Waals surface area (Å²) in [7, 11) is 1.92. The van der Waals surface area contributed by atoms with Crippen molar-refractivity contribution in [3.63, 3.8) is 0 Å². The van der Waals surface area contributed by atoms with Gasteiger partial charge in [-0.05, 0) is 26.3 Å². The SMILES string of the molecule is Cc1ccccc1-c1nnc(SCC(=O)NC(C)C)n1C. The Morgan fingerprint density at radius 1 is 1.33 bits per heavy atom. The highest BCUT2D eigenvalue weighted by molar-refractivity contribution is 7.99. The van der Waals surface area contributed by atoms with Crippen molar-refractivity contribution in [2.45, 2.75) is 32.0 Å². The maximum absolute atomic E-state index is 11.7. The Morgan fingerprint density at radius 2 is 2.05 bits per heavy atom. The minimum absolute atomic E-state index is 0.00967. The summed E-state index contributed by atoms with van der Waals surface area (Å²) in [6, 6.07) is 8.22. The van der Waals surface area contributed by atoms with Gasteiger partial charge in [-0.15, -0.1) is 10.2 Å². The third-order valence-electron chi connectivity index (χ3n) is 3.00. The van der Waals surface area contributed by atoms with Crippen molar-refractivity contribution < 1.29 is 4.79 Å². The lowest BCUT2D eigenvalue weighted by Crippen LogP contribution is -2.31. The van der Waals surface area contributed by atoms with Gasteiger partial charge in [0.25, 0.3) is 0 Å². The lowest BCUT2D eigenvalue weighted by atomic mass is 10.1. The minimum Gasteiger partial charge on any atom is -0.353 e. The predicted octanol–water partition coefficient (Wildman–Crippen LogP) is 2.41. The molecule has 2 rings (SSSR count). The molecule has 1 amide bonds. The highest BCUT2D eigenvalue weighted by atomic mass is 32.2. The molecule has 0 bridgehead atoms. The Morgan fingerprint density at radius 3 is 2.71 bits per heavy atom. The van der Waals surface area contributed by atoms with Crippen molar-refractivity contribution in [1.29, 1.82) is 0 Å². The molecule has 1 N–H and O–H groups in total. The van der Waals surface area contributed by atoms with E-state index in [9.17, 15) is 4.79 Å². The standard InChI is InChI=1S/C15H20N4OS/c1-10(2)16-13(20)9-21-15-18-17-14(19(15)4)12-8-6-5-7-11(12)3/h5-8,10H,9H2,1-4H3,(H,16,20). The first-order chi connectivity index (χ1) is 9.99. The van der Waals surface area contributed by atoms with Gasteiger partial charge < -0.3 is 9.88 Å². The molecule has 1 heterocycles. The molecule has 0 aliphatic rings. The molecule has 0 saturated heterocycles. The smallest absolute Gasteiger partial charge is 0.230 e. The highest BCUT2D eigenvalue weighted by Gasteiger charge is 2.14. The van der Waals surface area contributed by atoms with E-state index in [1.54, 1.807) is 0 Å². The number of aromatic nitrogens is 3. The van der Waals surface area contributed by atoms with Gasteiger partial charge in [0.1, 0.15) is 0 Å². The van der Waals surface area contributed by atoms with E-state index in [1.165, 1.54) is 11.8 Å². The summed E-state index contributed by atoms with van der Waals surface area (Å²) >= 11 is 1.40. The molecule has 0 unspecified atom stereocenters. The van der Waals surface area contributed by atoms with Gasteiger partial charge in [0.05, 0.1) is 5.75 Å². The number of carbonyl (C=O) groups is 1. The molecular formula is C15H20N4OS. The number of amides is 1. The average molecular weight is 304 g/mol. The van der Waals surface area contributed by atoms with Crippen LogP contribution >= 0.6 is 11.8 Å². The van der Waals surface area contributed by atoms with E-state index in [0.29, 0.717) is 5.75 Å². The number of hydrogen-bond donors (Lipinski definition) is 1. The molecule has 112 valence electrons. The van der Waals surface area contributed by atoms with E-state index in [-0.39, 0.29) is 11.9 Å². The third-order valence-corrected chi connectivity index (χ3v) is 4.02. The maximum Gasteiger partial charge on any atom is 0.230 e. The summed E-state index contributed by atoms with van der Waals surface area (Å²) in [6.07, 6.45) is 0. The molecule has 0 aliphatic carbocycles. The van der Waals surface area contributed by atoms with Crippen LogP contribution in [-0.2, 0) is 11.8 Å². The number of benzene rings is 1. The van der Waals surface area contributed by atoms with Crippen molar-refractivity contribution in [3.05, 3.63) is 29.8 Å². The number of carbonyl (C=O) groups excluding carboxylic acids is 1. The molecule has 0 radical (unpaired) electrons. The van der Waals surface area contributed by atoms with Gasteiger partial charge in [-0.1, -0.05) is 36.0 Å². The van der Waals surface area contributed by atoms with Gasteiger partial charge in [-0.2, -0.15) is 0 Å². The molecule has 0 spiro atoms. The quantitative estimate of drug-likeness (QED) is 0.862. The second-order valence-electron chi connectivity index (χ2n) is 5.19. The second-order valence-corrected chi connectivity index (χ2v) is 6.13. The number of thioether (sulfide) groups is 1. The molecule has 0 saturated carbocycles. The molecule has 5 nitrogen and oxygen atoms in total. The summed E-state index contributed by atoms with van der Waals surface area (Å²) in [4.78, 5) is 11.7. The van der Waals surface area contributed by atoms with E-state index in [1.807, 2.05) is 56.7 Å². The second kappa shape index (κ2) is 6.76. The highest BCUT2D eigenvalue weighted by Crippen LogP contribution is 2.24. The Labute approximate surface area is 129 Å². The first kappa shape index (κ1) is 15.6. The van der Waals surface area contributed by atoms with Crippen LogP contribution in [0.5, 0.6) is 0 Å². The Kier molecular flexibility index (Phi) is 5.01. The number of aryl methyl sites for hydroxylation is 1. The van der Waals surface area contributed by atoms with Crippen LogP contribution in [0.3, 0.4) is 0 Å². The van der Waals surface area contributed by atoms with Crippen molar-refractivity contribution in [1.82, 2.24) is 20.1 Å². The number of hydrogen-bond acceptors (Lipinski definition) is 4. The third kappa shape index (κ3) is 3.85. The van der Waals surface area contributed by atoms with Crippen molar-refractivity contribution in [2.75, 3.05) is 5.75 Å². The number of nitrogens with zero attached hydrogens (tertiary/aromatic N) is 3. The molecule has 0 aliphatic heterocycles. The Bertz CT molecular complexity index is 636. The molecule has 0 atom stereocenters. The maximum atomic E-state index is 11.7. The molecule has 21 heavy (non-hydrogen) atoms. The van der Waals surface area contributed by atoms with Gasteiger partial charge in [0.15, 0.2) is 11.0 Å². The van der Waals surface area contributed by atoms with Gasteiger partial charge in [-0.3, -0.25) is 4.79 Å². The van der Waals surface area contributed by atoms with Crippen LogP contribution in [0.4, 0.5) is 0 Å². The molecule has 1 aromatic heterocycles. The largest absolute Gasteiger partial charge is 0.353 e. The van der Waals surface area contributed by atoms with E-state index in [4.69, 9.17) is 0 Å². The first-order valence-corrected chi connectivity index (χ1v) is 7.85. The lowest BCUT2D eigenvalue weighted by molar-refractivity contribution is -0.119. The Hall–Kier alpha value is -1.82. The Balaban J connectivity index is 2.11. The summed E-state index contributed by atoms with van der Waals surface area (Å²) in [5, 5.41) is 12.0. The normalized spacial score (nSPS) is 10.9. The monoisotopic (exact) mass is 304 g/mol. The van der Waals surface area contributed by atoms with Gasteiger partial charge in [0.2, 0.25) is 5.91 Å². The average Bonchev–Trinajstić information content (AvgIpc) is 2.77. The molecular weight excluding hydrogens is 284 g/mol. The first-order valence-electron chi connectivity index (χ1n) is 6.86. The van der Waals surface area contributed by atoms with Crippen LogP contribution in [0.15, 0.2) is 29.4 Å². The van der Waals surface area contributed by atoms with Gasteiger partial charge >= 0.3 is 0 Å². The van der Waals surface area contributed by atoms with E-state index in [0.717, 1.165) is 22.1 Å². The fourth-order valence-corrected chi connectivity index (χ4v) is 2.71. The minimum atomic E-state index is 0.00967. The van der Waals surface area contributed by atoms with Gasteiger partial charge in [0, 0.05) is 18.7 Å². The summed E-state index contributed by atoms with van der Waals surface area (Å²) < 4.78 is 1.93. The van der Waals surface area contributed by atoms with E-state index in [2.05, 4.69) is 15.5 Å². The molecule has 1 aromatic carbocycles. The predicted molar refractivity (Wildman–Crippen MR) is 85.2 cm³/mol. The molecule has 0 fully saturated rings. The molecule has 2 aromatic rings.